The fourth-order valence-corrected chi connectivity index (χ4v) is 3.64. The van der Waals surface area contributed by atoms with Gasteiger partial charge in [-0.1, -0.05) is 24.3 Å². The Morgan fingerprint density at radius 3 is 2.68 bits per heavy atom. The van der Waals surface area contributed by atoms with Crippen molar-refractivity contribution in [2.75, 3.05) is 12.4 Å². The van der Waals surface area contributed by atoms with E-state index in [2.05, 4.69) is 15.0 Å². The molecule has 2 aromatic rings. The summed E-state index contributed by atoms with van der Waals surface area (Å²) >= 11 is 1.53. The van der Waals surface area contributed by atoms with Crippen LogP contribution in [0.2, 0.25) is 0 Å². The fraction of sp³-hybridized carbons (Fsp3) is 0.235. The number of nitrogens with one attached hydrogen (secondary N) is 2. The van der Waals surface area contributed by atoms with E-state index in [1.54, 1.807) is 19.2 Å². The lowest BCUT2D eigenvalue weighted by Gasteiger charge is -2.23. The summed E-state index contributed by atoms with van der Waals surface area (Å²) < 4.78 is 17.5. The van der Waals surface area contributed by atoms with E-state index in [0.29, 0.717) is 11.9 Å². The minimum atomic E-state index is -0.0939. The molecule has 1 fully saturated rings. The molecule has 2 N–H and O–H groups in total. The Morgan fingerprint density at radius 1 is 1.14 bits per heavy atom. The third-order valence-electron chi connectivity index (χ3n) is 4.08. The second-order valence-corrected chi connectivity index (χ2v) is 6.40. The van der Waals surface area contributed by atoms with Crippen molar-refractivity contribution in [3.05, 3.63) is 47.8 Å². The van der Waals surface area contributed by atoms with Crippen molar-refractivity contribution in [2.45, 2.75) is 23.7 Å². The van der Waals surface area contributed by atoms with E-state index in [0.717, 1.165) is 40.1 Å². The van der Waals surface area contributed by atoms with Crippen LogP contribution >= 0.6 is 11.9 Å². The highest BCUT2D eigenvalue weighted by Crippen LogP contribution is 2.48. The highest BCUT2D eigenvalue weighted by atomic mass is 32.2. The number of rotatable bonds is 2. The van der Waals surface area contributed by atoms with Crippen molar-refractivity contribution in [3.8, 4) is 11.1 Å². The van der Waals surface area contributed by atoms with Gasteiger partial charge in [0, 0.05) is 12.6 Å². The van der Waals surface area contributed by atoms with Crippen LogP contribution < -0.4 is 10.0 Å². The third-order valence-corrected chi connectivity index (χ3v) is 4.94. The summed E-state index contributed by atoms with van der Waals surface area (Å²) in [5.74, 6) is 0.985. The Balaban J connectivity index is 1.90. The highest BCUT2D eigenvalue weighted by Gasteiger charge is 2.30. The van der Waals surface area contributed by atoms with Crippen LogP contribution in [0, 0.1) is 5.82 Å². The second-order valence-electron chi connectivity index (χ2n) is 5.56. The van der Waals surface area contributed by atoms with Gasteiger partial charge in [0.05, 0.1) is 10.6 Å². The molecule has 112 valence electrons. The van der Waals surface area contributed by atoms with Gasteiger partial charge in [0.15, 0.2) is 0 Å². The molecule has 1 aliphatic carbocycles. The lowest BCUT2D eigenvalue weighted by molar-refractivity contribution is 0.611. The Hall–Kier alpha value is -2.01. The molecule has 0 amide bonds. The second kappa shape index (κ2) is 5.32. The summed E-state index contributed by atoms with van der Waals surface area (Å²) in [5.41, 5.74) is 3.88. The summed E-state index contributed by atoms with van der Waals surface area (Å²) in [6, 6.07) is 11.5. The molecule has 5 heteroatoms. The van der Waals surface area contributed by atoms with Crippen LogP contribution in [-0.2, 0) is 0 Å². The molecule has 0 radical (unpaired) electrons. The third kappa shape index (κ3) is 2.25. The van der Waals surface area contributed by atoms with Crippen molar-refractivity contribution < 1.29 is 4.39 Å². The normalized spacial score (nSPS) is 18.5. The first kappa shape index (κ1) is 13.6. The summed E-state index contributed by atoms with van der Waals surface area (Å²) in [7, 11) is 1.74. The van der Waals surface area contributed by atoms with Gasteiger partial charge in [0.2, 0.25) is 5.96 Å². The zero-order chi connectivity index (χ0) is 15.1. The molecule has 2 aliphatic rings. The lowest BCUT2D eigenvalue weighted by Crippen LogP contribution is -2.29. The van der Waals surface area contributed by atoms with Gasteiger partial charge >= 0.3 is 0 Å². The van der Waals surface area contributed by atoms with Crippen molar-refractivity contribution in [1.29, 1.82) is 0 Å². The summed E-state index contributed by atoms with van der Waals surface area (Å²) in [6.07, 6.45) is 2.16. The topological polar surface area (TPSA) is 36.4 Å². The number of anilines is 1. The van der Waals surface area contributed by atoms with Crippen molar-refractivity contribution in [1.82, 2.24) is 4.72 Å². The zero-order valence-electron chi connectivity index (χ0n) is 12.2. The Bertz CT molecular complexity index is 768. The van der Waals surface area contributed by atoms with Gasteiger partial charge in [-0.05, 0) is 54.0 Å². The van der Waals surface area contributed by atoms with E-state index in [-0.39, 0.29) is 5.82 Å². The van der Waals surface area contributed by atoms with E-state index >= 15 is 0 Å². The van der Waals surface area contributed by atoms with E-state index in [1.807, 2.05) is 24.3 Å². The predicted octanol–water partition coefficient (Wildman–Crippen LogP) is 4.38. The maximum atomic E-state index is 14.3. The number of hydrogen-bond acceptors (Lipinski definition) is 2. The smallest absolute Gasteiger partial charge is 0.206 e. The first-order chi connectivity index (χ1) is 10.8. The molecule has 22 heavy (non-hydrogen) atoms. The average molecular weight is 313 g/mol. The molecule has 4 rings (SSSR count). The molecule has 0 bridgehead atoms. The van der Waals surface area contributed by atoms with Gasteiger partial charge in [-0.15, -0.1) is 0 Å². The van der Waals surface area contributed by atoms with Gasteiger partial charge in [-0.25, -0.2) is 4.39 Å². The quantitative estimate of drug-likeness (QED) is 0.808. The number of halogens is 1. The van der Waals surface area contributed by atoms with Crippen LogP contribution in [0.3, 0.4) is 0 Å². The van der Waals surface area contributed by atoms with Gasteiger partial charge in [0.25, 0.3) is 0 Å². The van der Waals surface area contributed by atoms with Crippen LogP contribution in [0.4, 0.5) is 10.1 Å². The van der Waals surface area contributed by atoms with E-state index in [1.165, 1.54) is 11.9 Å². The largest absolute Gasteiger partial charge is 0.324 e. The van der Waals surface area contributed by atoms with Crippen molar-refractivity contribution in [3.63, 3.8) is 0 Å². The SMILES string of the molecule is CN=C1NSc2cccc(-c3cccc(F)c3C3CC3)c2N1. The van der Waals surface area contributed by atoms with Gasteiger partial charge in [0.1, 0.15) is 5.82 Å². The molecule has 0 aromatic heterocycles. The van der Waals surface area contributed by atoms with Gasteiger partial charge in [-0.3, -0.25) is 9.71 Å². The monoisotopic (exact) mass is 313 g/mol. The molecule has 0 unspecified atom stereocenters. The highest BCUT2D eigenvalue weighted by molar-refractivity contribution is 7.98. The molecule has 1 saturated carbocycles. The standard InChI is InChI=1S/C17H16FN3S/c1-19-17-20-16-12(5-3-7-14(16)22-21-17)11-4-2-6-13(18)15(11)10-8-9-10/h2-7,10H,8-9H2,1H3,(H2,19,20,21). The number of benzene rings is 2. The molecule has 0 atom stereocenters. The van der Waals surface area contributed by atoms with Crippen LogP contribution in [-0.4, -0.2) is 13.0 Å². The number of hydrogen-bond donors (Lipinski definition) is 2. The number of nitrogens with zero attached hydrogens (tertiary/aromatic N) is 1. The molecule has 0 saturated heterocycles. The summed E-state index contributed by atoms with van der Waals surface area (Å²) in [4.78, 5) is 5.26. The maximum absolute atomic E-state index is 14.3. The Labute approximate surface area is 133 Å². The number of guanidine groups is 1. The predicted molar refractivity (Wildman–Crippen MR) is 89.8 cm³/mol. The zero-order valence-corrected chi connectivity index (χ0v) is 13.0. The molecule has 3 nitrogen and oxygen atoms in total. The maximum Gasteiger partial charge on any atom is 0.206 e. The molecule has 0 spiro atoms. The van der Waals surface area contributed by atoms with Crippen molar-refractivity contribution >= 4 is 23.6 Å². The van der Waals surface area contributed by atoms with E-state index in [9.17, 15) is 4.39 Å². The molecular weight excluding hydrogens is 297 g/mol. The van der Waals surface area contributed by atoms with Gasteiger partial charge in [-0.2, -0.15) is 0 Å². The average Bonchev–Trinajstić information content (AvgIpc) is 3.38. The van der Waals surface area contributed by atoms with Gasteiger partial charge < -0.3 is 5.32 Å². The molecule has 2 aromatic carbocycles. The lowest BCUT2D eigenvalue weighted by atomic mass is 9.95. The minimum Gasteiger partial charge on any atom is -0.324 e. The molecule has 1 heterocycles. The molecular formula is C17H16FN3S. The van der Waals surface area contributed by atoms with Crippen LogP contribution in [0.5, 0.6) is 0 Å². The van der Waals surface area contributed by atoms with Crippen LogP contribution in [0.1, 0.15) is 24.3 Å². The molecule has 1 aliphatic heterocycles. The number of aliphatic imine (C=N–C) groups is 1. The first-order valence-electron chi connectivity index (χ1n) is 7.36. The van der Waals surface area contributed by atoms with E-state index in [4.69, 9.17) is 0 Å². The first-order valence-corrected chi connectivity index (χ1v) is 8.18. The summed E-state index contributed by atoms with van der Waals surface area (Å²) in [6.45, 7) is 0. The Kier molecular flexibility index (Phi) is 3.30. The van der Waals surface area contributed by atoms with E-state index < -0.39 is 0 Å². The minimum absolute atomic E-state index is 0.0939. The number of fused-ring (bicyclic) bond motifs is 1. The van der Waals surface area contributed by atoms with Crippen molar-refractivity contribution in [2.24, 2.45) is 4.99 Å². The number of para-hydroxylation sites is 1. The van der Waals surface area contributed by atoms with Crippen LogP contribution in [0.25, 0.3) is 11.1 Å². The Morgan fingerprint density at radius 2 is 1.91 bits per heavy atom. The van der Waals surface area contributed by atoms with Crippen LogP contribution in [0.15, 0.2) is 46.3 Å². The summed E-state index contributed by atoms with van der Waals surface area (Å²) in [5, 5.41) is 3.32. The fourth-order valence-electron chi connectivity index (χ4n) is 2.88.